The zero-order chi connectivity index (χ0) is 14.0. The molecule has 3 nitrogen and oxygen atoms in total. The zero-order valence-electron chi connectivity index (χ0n) is 12.1. The van der Waals surface area contributed by atoms with Crippen LogP contribution in [0.15, 0.2) is 18.3 Å². The summed E-state index contributed by atoms with van der Waals surface area (Å²) in [6.07, 6.45) is 2.11. The third-order valence-corrected chi connectivity index (χ3v) is 3.71. The molecule has 0 aliphatic carbocycles. The quantitative estimate of drug-likeness (QED) is 0.848. The van der Waals surface area contributed by atoms with Crippen LogP contribution in [0.3, 0.4) is 0 Å². The normalized spacial score (nSPS) is 29.0. The van der Waals surface area contributed by atoms with Crippen LogP contribution in [0.1, 0.15) is 45.9 Å². The zero-order valence-corrected chi connectivity index (χ0v) is 12.1. The molecule has 1 saturated heterocycles. The van der Waals surface area contributed by atoms with Crippen molar-refractivity contribution in [1.29, 1.82) is 0 Å². The van der Waals surface area contributed by atoms with E-state index >= 15 is 0 Å². The summed E-state index contributed by atoms with van der Waals surface area (Å²) < 4.78 is 18.8. The maximum absolute atomic E-state index is 12.9. The van der Waals surface area contributed by atoms with Crippen molar-refractivity contribution in [2.75, 3.05) is 6.61 Å². The molecule has 0 radical (unpaired) electrons. The first-order valence-electron chi connectivity index (χ1n) is 6.87. The van der Waals surface area contributed by atoms with Crippen LogP contribution in [0, 0.1) is 11.2 Å². The minimum Gasteiger partial charge on any atom is -0.370 e. The van der Waals surface area contributed by atoms with Gasteiger partial charge < -0.3 is 10.1 Å². The summed E-state index contributed by atoms with van der Waals surface area (Å²) in [4.78, 5) is 4.14. The van der Waals surface area contributed by atoms with Crippen molar-refractivity contribution in [3.63, 3.8) is 0 Å². The SMILES string of the molecule is CC1NC(C(C)(C)C)CCOC1c1ccc(F)cn1. The molecule has 19 heavy (non-hydrogen) atoms. The molecule has 4 heteroatoms. The van der Waals surface area contributed by atoms with Crippen molar-refractivity contribution < 1.29 is 9.13 Å². The summed E-state index contributed by atoms with van der Waals surface area (Å²) in [6, 6.07) is 3.71. The Kier molecular flexibility index (Phi) is 4.21. The Labute approximate surface area is 114 Å². The topological polar surface area (TPSA) is 34.1 Å². The third kappa shape index (κ3) is 3.51. The minimum absolute atomic E-state index is 0.118. The molecule has 0 saturated carbocycles. The highest BCUT2D eigenvalue weighted by Gasteiger charge is 2.32. The number of hydrogen-bond acceptors (Lipinski definition) is 3. The minimum atomic E-state index is -0.314. The number of nitrogens with one attached hydrogen (secondary N) is 1. The van der Waals surface area contributed by atoms with E-state index in [9.17, 15) is 4.39 Å². The third-order valence-electron chi connectivity index (χ3n) is 3.71. The number of halogens is 1. The molecule has 1 fully saturated rings. The number of hydrogen-bond donors (Lipinski definition) is 1. The van der Waals surface area contributed by atoms with E-state index in [0.29, 0.717) is 12.6 Å². The van der Waals surface area contributed by atoms with Crippen molar-refractivity contribution in [2.45, 2.75) is 52.3 Å². The van der Waals surface area contributed by atoms with Gasteiger partial charge in [-0.1, -0.05) is 20.8 Å². The molecular formula is C15H23FN2O. The summed E-state index contributed by atoms with van der Waals surface area (Å²) in [5.41, 5.74) is 0.985. The molecule has 0 aromatic carbocycles. The van der Waals surface area contributed by atoms with E-state index in [0.717, 1.165) is 12.1 Å². The molecule has 106 valence electrons. The maximum atomic E-state index is 12.9. The van der Waals surface area contributed by atoms with Crippen molar-refractivity contribution in [1.82, 2.24) is 10.3 Å². The Balaban J connectivity index is 2.13. The van der Waals surface area contributed by atoms with Crippen LogP contribution in [-0.4, -0.2) is 23.7 Å². The Morgan fingerprint density at radius 3 is 2.68 bits per heavy atom. The number of rotatable bonds is 1. The predicted octanol–water partition coefficient (Wildman–Crippen LogP) is 3.07. The number of pyridine rings is 1. The van der Waals surface area contributed by atoms with E-state index in [1.165, 1.54) is 12.3 Å². The van der Waals surface area contributed by atoms with Crippen LogP contribution in [0.4, 0.5) is 4.39 Å². The van der Waals surface area contributed by atoms with Gasteiger partial charge in [0.1, 0.15) is 11.9 Å². The first-order chi connectivity index (χ1) is 8.88. The lowest BCUT2D eigenvalue weighted by molar-refractivity contribution is 0.0430. The van der Waals surface area contributed by atoms with Crippen LogP contribution in [0.5, 0.6) is 0 Å². The Hall–Kier alpha value is -1.00. The highest BCUT2D eigenvalue weighted by molar-refractivity contribution is 5.11. The van der Waals surface area contributed by atoms with E-state index in [2.05, 4.69) is 38.0 Å². The average Bonchev–Trinajstić information content (AvgIpc) is 2.52. The lowest BCUT2D eigenvalue weighted by atomic mass is 9.84. The van der Waals surface area contributed by atoms with Crippen LogP contribution >= 0.6 is 0 Å². The molecule has 1 aliphatic heterocycles. The second-order valence-corrected chi connectivity index (χ2v) is 6.36. The average molecular weight is 266 g/mol. The van der Waals surface area contributed by atoms with Crippen molar-refractivity contribution in [3.05, 3.63) is 29.8 Å². The molecule has 0 bridgehead atoms. The van der Waals surface area contributed by atoms with E-state index in [4.69, 9.17) is 4.74 Å². The number of aromatic nitrogens is 1. The maximum Gasteiger partial charge on any atom is 0.141 e. The van der Waals surface area contributed by atoms with Gasteiger partial charge >= 0.3 is 0 Å². The van der Waals surface area contributed by atoms with Gasteiger partial charge in [0.15, 0.2) is 0 Å². The first kappa shape index (κ1) is 14.4. The molecule has 0 amide bonds. The van der Waals surface area contributed by atoms with E-state index in [1.807, 2.05) is 0 Å². The Morgan fingerprint density at radius 2 is 2.11 bits per heavy atom. The van der Waals surface area contributed by atoms with Gasteiger partial charge in [-0.15, -0.1) is 0 Å². The van der Waals surface area contributed by atoms with Gasteiger partial charge in [-0.25, -0.2) is 4.39 Å². The van der Waals surface area contributed by atoms with Gasteiger partial charge in [-0.05, 0) is 30.9 Å². The molecule has 1 aromatic heterocycles. The molecule has 1 N–H and O–H groups in total. The molecule has 0 spiro atoms. The smallest absolute Gasteiger partial charge is 0.141 e. The molecule has 2 heterocycles. The van der Waals surface area contributed by atoms with Gasteiger partial charge in [0.25, 0.3) is 0 Å². The Morgan fingerprint density at radius 1 is 1.37 bits per heavy atom. The van der Waals surface area contributed by atoms with Crippen molar-refractivity contribution >= 4 is 0 Å². The summed E-state index contributed by atoms with van der Waals surface area (Å²) >= 11 is 0. The molecule has 2 rings (SSSR count). The van der Waals surface area contributed by atoms with Gasteiger partial charge in [0, 0.05) is 18.7 Å². The highest BCUT2D eigenvalue weighted by Crippen LogP contribution is 2.29. The largest absolute Gasteiger partial charge is 0.370 e. The van der Waals surface area contributed by atoms with Crippen molar-refractivity contribution in [2.24, 2.45) is 5.41 Å². The number of ether oxygens (including phenoxy) is 1. The standard InChI is InChI=1S/C15H23FN2O/c1-10-14(12-6-5-11(16)9-17-12)19-8-7-13(18-10)15(2,3)4/h5-6,9-10,13-14,18H,7-8H2,1-4H3. The molecule has 1 aliphatic rings. The lowest BCUT2D eigenvalue weighted by Crippen LogP contribution is -2.45. The highest BCUT2D eigenvalue weighted by atomic mass is 19.1. The van der Waals surface area contributed by atoms with Crippen LogP contribution in [-0.2, 0) is 4.74 Å². The van der Waals surface area contributed by atoms with Crippen LogP contribution in [0.25, 0.3) is 0 Å². The predicted molar refractivity (Wildman–Crippen MR) is 73.3 cm³/mol. The second kappa shape index (κ2) is 5.55. The molecular weight excluding hydrogens is 243 g/mol. The first-order valence-corrected chi connectivity index (χ1v) is 6.87. The van der Waals surface area contributed by atoms with E-state index in [1.54, 1.807) is 6.07 Å². The number of nitrogens with zero attached hydrogens (tertiary/aromatic N) is 1. The second-order valence-electron chi connectivity index (χ2n) is 6.36. The fourth-order valence-corrected chi connectivity index (χ4v) is 2.53. The fraction of sp³-hybridized carbons (Fsp3) is 0.667. The van der Waals surface area contributed by atoms with E-state index in [-0.39, 0.29) is 23.4 Å². The molecule has 1 aromatic rings. The van der Waals surface area contributed by atoms with Crippen LogP contribution < -0.4 is 5.32 Å². The monoisotopic (exact) mass is 266 g/mol. The van der Waals surface area contributed by atoms with Crippen molar-refractivity contribution in [3.8, 4) is 0 Å². The summed E-state index contributed by atoms with van der Waals surface area (Å²) in [7, 11) is 0. The Bertz CT molecular complexity index is 413. The fourth-order valence-electron chi connectivity index (χ4n) is 2.53. The van der Waals surface area contributed by atoms with E-state index < -0.39 is 0 Å². The summed E-state index contributed by atoms with van der Waals surface area (Å²) in [6.45, 7) is 9.48. The van der Waals surface area contributed by atoms with Crippen LogP contribution in [0.2, 0.25) is 0 Å². The summed E-state index contributed by atoms with van der Waals surface area (Å²) in [5, 5.41) is 3.62. The summed E-state index contributed by atoms with van der Waals surface area (Å²) in [5.74, 6) is -0.314. The van der Waals surface area contributed by atoms with Gasteiger partial charge in [0.05, 0.1) is 11.9 Å². The van der Waals surface area contributed by atoms with Gasteiger partial charge in [-0.2, -0.15) is 0 Å². The molecule has 3 atom stereocenters. The lowest BCUT2D eigenvalue weighted by Gasteiger charge is -2.32. The van der Waals surface area contributed by atoms with Gasteiger partial charge in [0.2, 0.25) is 0 Å². The van der Waals surface area contributed by atoms with Gasteiger partial charge in [-0.3, -0.25) is 4.98 Å². The molecule has 3 unspecified atom stereocenters.